The van der Waals surface area contributed by atoms with Crippen molar-refractivity contribution in [2.75, 3.05) is 6.61 Å². The zero-order chi connectivity index (χ0) is 15.8. The molecule has 0 aliphatic heterocycles. The summed E-state index contributed by atoms with van der Waals surface area (Å²) in [5.74, 6) is -0.721. The largest absolute Gasteiger partial charge is 0.466 e. The van der Waals surface area contributed by atoms with Crippen LogP contribution in [0.15, 0.2) is 54.6 Å². The Bertz CT molecular complexity index is 672. The number of carbonyl (C=O) groups excluding carboxylic acids is 2. The lowest BCUT2D eigenvalue weighted by molar-refractivity contribution is -0.141. The van der Waals surface area contributed by atoms with E-state index in [-0.39, 0.29) is 18.8 Å². The van der Waals surface area contributed by atoms with Gasteiger partial charge in [0.1, 0.15) is 6.42 Å². The third kappa shape index (κ3) is 4.42. The van der Waals surface area contributed by atoms with Gasteiger partial charge < -0.3 is 4.74 Å². The highest BCUT2D eigenvalue weighted by Crippen LogP contribution is 2.15. The number of rotatable bonds is 6. The Morgan fingerprint density at radius 1 is 0.955 bits per heavy atom. The molecule has 2 aromatic carbocycles. The van der Waals surface area contributed by atoms with Crippen LogP contribution >= 0.6 is 0 Å². The predicted octanol–water partition coefficient (Wildman–Crippen LogP) is 3.99. The standard InChI is InChI=1S/C19H18O3/c1-2-22-19(21)14-18(20)17-11-7-6-10-16(17)13-12-15-8-4-3-5-9-15/h3-13H,2,14H2,1H3/b13-12+. The molecule has 22 heavy (non-hydrogen) atoms. The van der Waals surface area contributed by atoms with Gasteiger partial charge in [0.2, 0.25) is 0 Å². The third-order valence-electron chi connectivity index (χ3n) is 3.13. The molecule has 3 heteroatoms. The van der Waals surface area contributed by atoms with Gasteiger partial charge in [-0.2, -0.15) is 0 Å². The van der Waals surface area contributed by atoms with E-state index in [1.807, 2.05) is 54.6 Å². The molecule has 0 spiro atoms. The Balaban J connectivity index is 2.18. The summed E-state index contributed by atoms with van der Waals surface area (Å²) in [6, 6.07) is 17.1. The van der Waals surface area contributed by atoms with Crippen molar-refractivity contribution in [1.29, 1.82) is 0 Å². The van der Waals surface area contributed by atoms with Crippen molar-refractivity contribution in [3.8, 4) is 0 Å². The van der Waals surface area contributed by atoms with Crippen molar-refractivity contribution in [3.63, 3.8) is 0 Å². The summed E-state index contributed by atoms with van der Waals surface area (Å²) in [6.07, 6.45) is 3.59. The Labute approximate surface area is 130 Å². The molecule has 112 valence electrons. The maximum atomic E-state index is 12.2. The normalized spacial score (nSPS) is 10.6. The van der Waals surface area contributed by atoms with Gasteiger partial charge in [-0.05, 0) is 18.1 Å². The molecule has 0 N–H and O–H groups in total. The fourth-order valence-corrected chi connectivity index (χ4v) is 2.08. The Hall–Kier alpha value is -2.68. The average molecular weight is 294 g/mol. The number of hydrogen-bond donors (Lipinski definition) is 0. The second-order valence-electron chi connectivity index (χ2n) is 4.74. The molecule has 2 aromatic rings. The van der Waals surface area contributed by atoms with E-state index in [1.54, 1.807) is 19.1 Å². The smallest absolute Gasteiger partial charge is 0.313 e. The highest BCUT2D eigenvalue weighted by Gasteiger charge is 2.14. The quantitative estimate of drug-likeness (QED) is 0.350. The van der Waals surface area contributed by atoms with Crippen LogP contribution in [0.4, 0.5) is 0 Å². The average Bonchev–Trinajstić information content (AvgIpc) is 2.54. The van der Waals surface area contributed by atoms with Gasteiger partial charge in [-0.3, -0.25) is 9.59 Å². The van der Waals surface area contributed by atoms with Crippen LogP contribution < -0.4 is 0 Å². The molecular weight excluding hydrogens is 276 g/mol. The molecule has 0 saturated carbocycles. The lowest BCUT2D eigenvalue weighted by atomic mass is 10.0. The summed E-state index contributed by atoms with van der Waals surface area (Å²) in [4.78, 5) is 23.7. The molecule has 0 amide bonds. The van der Waals surface area contributed by atoms with Crippen molar-refractivity contribution < 1.29 is 14.3 Å². The minimum absolute atomic E-state index is 0.230. The first-order valence-electron chi connectivity index (χ1n) is 7.21. The number of benzene rings is 2. The summed E-state index contributed by atoms with van der Waals surface area (Å²) in [5, 5.41) is 0. The van der Waals surface area contributed by atoms with E-state index >= 15 is 0 Å². The van der Waals surface area contributed by atoms with Crippen LogP contribution in [0, 0.1) is 0 Å². The maximum Gasteiger partial charge on any atom is 0.313 e. The molecule has 0 fully saturated rings. The SMILES string of the molecule is CCOC(=O)CC(=O)c1ccccc1/C=C/c1ccccc1. The van der Waals surface area contributed by atoms with E-state index in [9.17, 15) is 9.59 Å². The van der Waals surface area contributed by atoms with Crippen molar-refractivity contribution >= 4 is 23.9 Å². The van der Waals surface area contributed by atoms with E-state index in [2.05, 4.69) is 0 Å². The molecule has 0 heterocycles. The summed E-state index contributed by atoms with van der Waals surface area (Å²) >= 11 is 0. The lowest BCUT2D eigenvalue weighted by Crippen LogP contribution is -2.12. The third-order valence-corrected chi connectivity index (χ3v) is 3.13. The van der Waals surface area contributed by atoms with Crippen LogP contribution in [-0.4, -0.2) is 18.4 Å². The summed E-state index contributed by atoms with van der Waals surface area (Å²) < 4.78 is 4.83. The Morgan fingerprint density at radius 2 is 1.64 bits per heavy atom. The number of carbonyl (C=O) groups is 2. The zero-order valence-corrected chi connectivity index (χ0v) is 12.5. The first-order valence-corrected chi connectivity index (χ1v) is 7.21. The van der Waals surface area contributed by atoms with Gasteiger partial charge >= 0.3 is 5.97 Å². The molecule has 0 aliphatic rings. The fourth-order valence-electron chi connectivity index (χ4n) is 2.08. The predicted molar refractivity (Wildman–Crippen MR) is 87.4 cm³/mol. The van der Waals surface area contributed by atoms with Crippen LogP contribution in [0.1, 0.15) is 34.8 Å². The fraction of sp³-hybridized carbons (Fsp3) is 0.158. The molecule has 0 atom stereocenters. The van der Waals surface area contributed by atoms with Crippen LogP contribution in [0.2, 0.25) is 0 Å². The highest BCUT2D eigenvalue weighted by atomic mass is 16.5. The van der Waals surface area contributed by atoms with E-state index in [4.69, 9.17) is 4.74 Å². The van der Waals surface area contributed by atoms with Crippen molar-refractivity contribution in [1.82, 2.24) is 0 Å². The van der Waals surface area contributed by atoms with Gasteiger partial charge in [-0.25, -0.2) is 0 Å². The van der Waals surface area contributed by atoms with E-state index in [1.165, 1.54) is 0 Å². The summed E-state index contributed by atoms with van der Waals surface area (Å²) in [6.45, 7) is 2.00. The first-order chi connectivity index (χ1) is 10.7. The Kier molecular flexibility index (Phi) is 5.66. The molecule has 0 unspecified atom stereocenters. The minimum atomic E-state index is -0.491. The molecule has 2 rings (SSSR count). The van der Waals surface area contributed by atoms with E-state index in [0.29, 0.717) is 5.56 Å². The molecule has 0 radical (unpaired) electrons. The molecule has 0 saturated heterocycles. The topological polar surface area (TPSA) is 43.4 Å². The maximum absolute atomic E-state index is 12.2. The summed E-state index contributed by atoms with van der Waals surface area (Å²) in [5.41, 5.74) is 2.37. The minimum Gasteiger partial charge on any atom is -0.466 e. The van der Waals surface area contributed by atoms with Crippen LogP contribution in [0.3, 0.4) is 0 Å². The van der Waals surface area contributed by atoms with Crippen LogP contribution in [0.5, 0.6) is 0 Å². The zero-order valence-electron chi connectivity index (χ0n) is 12.5. The number of ether oxygens (including phenoxy) is 1. The van der Waals surface area contributed by atoms with Gasteiger partial charge in [0.15, 0.2) is 5.78 Å². The molecular formula is C19H18O3. The molecule has 0 bridgehead atoms. The monoisotopic (exact) mass is 294 g/mol. The second kappa shape index (κ2) is 7.93. The highest BCUT2D eigenvalue weighted by molar-refractivity contribution is 6.08. The van der Waals surface area contributed by atoms with Gasteiger partial charge in [0, 0.05) is 5.56 Å². The van der Waals surface area contributed by atoms with E-state index in [0.717, 1.165) is 11.1 Å². The van der Waals surface area contributed by atoms with Crippen LogP contribution in [0.25, 0.3) is 12.2 Å². The number of esters is 1. The van der Waals surface area contributed by atoms with Crippen LogP contribution in [-0.2, 0) is 9.53 Å². The van der Waals surface area contributed by atoms with Crippen molar-refractivity contribution in [3.05, 3.63) is 71.3 Å². The number of hydrogen-bond acceptors (Lipinski definition) is 3. The van der Waals surface area contributed by atoms with Crippen molar-refractivity contribution in [2.45, 2.75) is 13.3 Å². The van der Waals surface area contributed by atoms with Gasteiger partial charge in [0.05, 0.1) is 6.61 Å². The number of Topliss-reactive ketones (excluding diaryl/α,β-unsaturated/α-hetero) is 1. The molecule has 0 aliphatic carbocycles. The number of ketones is 1. The lowest BCUT2D eigenvalue weighted by Gasteiger charge is -2.05. The van der Waals surface area contributed by atoms with Gasteiger partial charge in [-0.15, -0.1) is 0 Å². The first kappa shape index (κ1) is 15.7. The van der Waals surface area contributed by atoms with Gasteiger partial charge in [0.25, 0.3) is 0 Å². The second-order valence-corrected chi connectivity index (χ2v) is 4.74. The van der Waals surface area contributed by atoms with Gasteiger partial charge in [-0.1, -0.05) is 66.7 Å². The van der Waals surface area contributed by atoms with E-state index < -0.39 is 5.97 Å². The van der Waals surface area contributed by atoms with Crippen molar-refractivity contribution in [2.24, 2.45) is 0 Å². The summed E-state index contributed by atoms with van der Waals surface area (Å²) in [7, 11) is 0. The molecule has 3 nitrogen and oxygen atoms in total. The Morgan fingerprint density at radius 3 is 2.36 bits per heavy atom. The molecule has 0 aromatic heterocycles.